The molecule has 0 bridgehead atoms. The van der Waals surface area contributed by atoms with Crippen LogP contribution in [0.3, 0.4) is 0 Å². The van der Waals surface area contributed by atoms with Crippen molar-refractivity contribution in [2.75, 3.05) is 0 Å². The van der Waals surface area contributed by atoms with E-state index in [0.717, 1.165) is 12.5 Å². The molecule has 5 heteroatoms. The van der Waals surface area contributed by atoms with E-state index in [1.54, 1.807) is 12.1 Å². The fourth-order valence-electron chi connectivity index (χ4n) is 1.08. The summed E-state index contributed by atoms with van der Waals surface area (Å²) in [4.78, 5) is 0. The van der Waals surface area contributed by atoms with E-state index in [2.05, 4.69) is 5.32 Å². The number of guanidine groups is 1. The lowest BCUT2D eigenvalue weighted by atomic mass is 10.1. The maximum absolute atomic E-state index is 12.8. The Morgan fingerprint density at radius 1 is 1.40 bits per heavy atom. The van der Waals surface area contributed by atoms with Gasteiger partial charge in [-0.2, -0.15) is 0 Å². The molecule has 3 N–H and O–H groups in total. The molecule has 3 nitrogen and oxygen atoms in total. The maximum Gasteiger partial charge on any atom is 0.270 e. The lowest BCUT2D eigenvalue weighted by Crippen LogP contribution is -2.09. The van der Waals surface area contributed by atoms with Crippen LogP contribution in [0.4, 0.5) is 8.78 Å². The zero-order valence-electron chi connectivity index (χ0n) is 8.30. The quantitative estimate of drug-likeness (QED) is 0.587. The first kappa shape index (κ1) is 11.4. The first-order chi connectivity index (χ1) is 6.89. The molecule has 1 aromatic carbocycles. The van der Waals surface area contributed by atoms with Crippen LogP contribution in [-0.2, 0) is 12.5 Å². The molecular formula is C10H12F2N3-. The summed E-state index contributed by atoms with van der Waals surface area (Å²) in [6.07, 6.45) is 0. The van der Waals surface area contributed by atoms with Gasteiger partial charge in [-0.15, -0.1) is 0 Å². The van der Waals surface area contributed by atoms with Gasteiger partial charge in [0.1, 0.15) is 0 Å². The van der Waals surface area contributed by atoms with Crippen molar-refractivity contribution in [1.82, 2.24) is 0 Å². The average Bonchev–Trinajstić information content (AvgIpc) is 2.14. The molecule has 0 spiro atoms. The van der Waals surface area contributed by atoms with Crippen LogP contribution in [0.1, 0.15) is 18.1 Å². The first-order valence-electron chi connectivity index (χ1n) is 4.38. The summed E-state index contributed by atoms with van der Waals surface area (Å²) in [5.41, 5.74) is 5.75. The molecule has 0 unspecified atom stereocenters. The predicted octanol–water partition coefficient (Wildman–Crippen LogP) is 2.57. The highest BCUT2D eigenvalue weighted by Gasteiger charge is 2.23. The molecule has 0 heterocycles. The molecule has 0 radical (unpaired) electrons. The number of rotatable bonds is 3. The minimum atomic E-state index is -2.82. The summed E-state index contributed by atoms with van der Waals surface area (Å²) >= 11 is 0. The van der Waals surface area contributed by atoms with Crippen LogP contribution in [-0.4, -0.2) is 5.96 Å². The van der Waals surface area contributed by atoms with Gasteiger partial charge >= 0.3 is 0 Å². The van der Waals surface area contributed by atoms with Gasteiger partial charge in [-0.25, -0.2) is 8.78 Å². The molecular weight excluding hydrogens is 200 g/mol. The Balaban J connectivity index is 2.69. The SMILES string of the molecule is CC(F)(F)c1ccc(C[N-]C(=N)N)cc1. The third-order valence-electron chi connectivity index (χ3n) is 1.89. The Kier molecular flexibility index (Phi) is 3.24. The number of hydrogen-bond acceptors (Lipinski definition) is 1. The molecule has 0 aliphatic heterocycles. The van der Waals surface area contributed by atoms with Gasteiger partial charge in [-0.05, 0) is 5.56 Å². The van der Waals surface area contributed by atoms with Gasteiger partial charge in [-0.3, -0.25) is 0 Å². The van der Waals surface area contributed by atoms with Gasteiger partial charge in [0.25, 0.3) is 5.92 Å². The molecule has 0 aliphatic carbocycles. The van der Waals surface area contributed by atoms with Crippen LogP contribution in [0.15, 0.2) is 24.3 Å². The number of nitrogens with one attached hydrogen (secondary N) is 1. The Bertz CT molecular complexity index is 341. The normalized spacial score (nSPS) is 11.1. The van der Waals surface area contributed by atoms with Crippen molar-refractivity contribution in [3.8, 4) is 0 Å². The van der Waals surface area contributed by atoms with E-state index in [1.807, 2.05) is 0 Å². The van der Waals surface area contributed by atoms with Crippen molar-refractivity contribution < 1.29 is 8.78 Å². The highest BCUT2D eigenvalue weighted by atomic mass is 19.3. The molecule has 1 rings (SSSR count). The summed E-state index contributed by atoms with van der Waals surface area (Å²) in [6.45, 7) is 1.09. The van der Waals surface area contributed by atoms with E-state index < -0.39 is 5.92 Å². The second-order valence-corrected chi connectivity index (χ2v) is 3.29. The third kappa shape index (κ3) is 3.53. The molecule has 1 aromatic rings. The average molecular weight is 212 g/mol. The van der Waals surface area contributed by atoms with Crippen LogP contribution in [0, 0.1) is 5.41 Å². The van der Waals surface area contributed by atoms with Gasteiger partial charge in [0.2, 0.25) is 0 Å². The van der Waals surface area contributed by atoms with Crippen molar-refractivity contribution in [2.45, 2.75) is 19.4 Å². The Labute approximate surface area is 86.8 Å². The zero-order chi connectivity index (χ0) is 11.5. The number of hydrogen-bond donors (Lipinski definition) is 2. The topological polar surface area (TPSA) is 64.0 Å². The summed E-state index contributed by atoms with van der Waals surface area (Å²) in [5.74, 6) is -3.09. The van der Waals surface area contributed by atoms with Crippen molar-refractivity contribution in [3.05, 3.63) is 40.7 Å². The summed E-state index contributed by atoms with van der Waals surface area (Å²) < 4.78 is 25.6. The molecule has 0 atom stereocenters. The van der Waals surface area contributed by atoms with Gasteiger partial charge in [0.15, 0.2) is 0 Å². The minimum absolute atomic E-state index is 0.0333. The third-order valence-corrected chi connectivity index (χ3v) is 1.89. The van der Waals surface area contributed by atoms with Crippen molar-refractivity contribution in [1.29, 1.82) is 5.41 Å². The Hall–Kier alpha value is -1.65. The Morgan fingerprint density at radius 3 is 2.33 bits per heavy atom. The summed E-state index contributed by atoms with van der Waals surface area (Å²) in [5, 5.41) is 10.5. The maximum atomic E-state index is 12.8. The van der Waals surface area contributed by atoms with E-state index in [9.17, 15) is 8.78 Å². The molecule has 0 saturated heterocycles. The summed E-state index contributed by atoms with van der Waals surface area (Å²) in [7, 11) is 0. The van der Waals surface area contributed by atoms with E-state index in [4.69, 9.17) is 11.1 Å². The molecule has 0 amide bonds. The van der Waals surface area contributed by atoms with Crippen molar-refractivity contribution >= 4 is 5.96 Å². The molecule has 15 heavy (non-hydrogen) atoms. The fraction of sp³-hybridized carbons (Fsp3) is 0.300. The monoisotopic (exact) mass is 212 g/mol. The number of halogens is 2. The van der Waals surface area contributed by atoms with Crippen LogP contribution in [0.5, 0.6) is 0 Å². The number of alkyl halides is 2. The minimum Gasteiger partial charge on any atom is -0.454 e. The standard InChI is InChI=1S/C10H12F2N3/c1-10(11,12)8-4-2-7(3-5-8)6-15-9(13)14/h2-5H,6H2,1H3,(H3-,13,14,15)/q-1. The Morgan fingerprint density at radius 2 is 1.93 bits per heavy atom. The van der Waals surface area contributed by atoms with Crippen LogP contribution in [0.25, 0.3) is 5.32 Å². The number of nitrogens with two attached hydrogens (primary N) is 1. The molecule has 0 saturated carbocycles. The highest BCUT2D eigenvalue weighted by molar-refractivity contribution is 5.87. The van der Waals surface area contributed by atoms with Gasteiger partial charge in [0.05, 0.1) is 0 Å². The molecule has 0 aliphatic rings. The van der Waals surface area contributed by atoms with E-state index >= 15 is 0 Å². The zero-order valence-corrected chi connectivity index (χ0v) is 8.30. The fourth-order valence-corrected chi connectivity index (χ4v) is 1.08. The number of nitrogens with zero attached hydrogens (tertiary/aromatic N) is 1. The van der Waals surface area contributed by atoms with Crippen LogP contribution < -0.4 is 5.73 Å². The smallest absolute Gasteiger partial charge is 0.270 e. The van der Waals surface area contributed by atoms with Crippen LogP contribution in [0.2, 0.25) is 0 Å². The van der Waals surface area contributed by atoms with E-state index in [1.165, 1.54) is 12.1 Å². The first-order valence-corrected chi connectivity index (χ1v) is 4.38. The predicted molar refractivity (Wildman–Crippen MR) is 55.0 cm³/mol. The van der Waals surface area contributed by atoms with Gasteiger partial charge < -0.3 is 16.5 Å². The van der Waals surface area contributed by atoms with Gasteiger partial charge in [-0.1, -0.05) is 24.3 Å². The molecule has 0 fully saturated rings. The lowest BCUT2D eigenvalue weighted by molar-refractivity contribution is 0.0174. The van der Waals surface area contributed by atoms with E-state index in [-0.39, 0.29) is 18.1 Å². The lowest BCUT2D eigenvalue weighted by Gasteiger charge is -2.12. The van der Waals surface area contributed by atoms with Crippen LogP contribution >= 0.6 is 0 Å². The van der Waals surface area contributed by atoms with Crippen molar-refractivity contribution in [3.63, 3.8) is 0 Å². The summed E-state index contributed by atoms with van der Waals surface area (Å²) in [6, 6.07) is 5.81. The second kappa shape index (κ2) is 4.25. The van der Waals surface area contributed by atoms with Gasteiger partial charge in [0, 0.05) is 25.0 Å². The molecule has 0 aromatic heterocycles. The highest BCUT2D eigenvalue weighted by Crippen LogP contribution is 2.26. The second-order valence-electron chi connectivity index (χ2n) is 3.29. The van der Waals surface area contributed by atoms with Crippen molar-refractivity contribution in [2.24, 2.45) is 5.73 Å². The number of benzene rings is 1. The largest absolute Gasteiger partial charge is 0.454 e. The molecule has 82 valence electrons. The van der Waals surface area contributed by atoms with E-state index in [0.29, 0.717) is 0 Å².